The van der Waals surface area contributed by atoms with Crippen LogP contribution in [-0.2, 0) is 22.1 Å². The normalized spacial score (nSPS) is 13.0. The number of amides is 1. The van der Waals surface area contributed by atoms with Gasteiger partial charge in [-0.1, -0.05) is 12.1 Å². The third-order valence-electron chi connectivity index (χ3n) is 2.56. The smallest absolute Gasteiger partial charge is 0.318 e. The molecule has 1 aromatic carbocycles. The lowest BCUT2D eigenvalue weighted by Gasteiger charge is -2.10. The summed E-state index contributed by atoms with van der Waals surface area (Å²) in [6.07, 6.45) is -2.51. The van der Waals surface area contributed by atoms with E-state index in [4.69, 9.17) is 0 Å². The van der Waals surface area contributed by atoms with E-state index in [0.29, 0.717) is 18.8 Å². The number of alkyl halides is 3. The van der Waals surface area contributed by atoms with E-state index in [0.717, 1.165) is 12.0 Å². The van der Waals surface area contributed by atoms with Crippen LogP contribution in [-0.4, -0.2) is 34.8 Å². The Morgan fingerprint density at radius 2 is 2.05 bits per heavy atom. The molecule has 0 aromatic heterocycles. The average molecular weight is 322 g/mol. The minimum atomic E-state index is -4.90. The maximum absolute atomic E-state index is 12.1. The number of carbonyl (C=O) groups is 1. The number of hydrogen-bond acceptors (Lipinski definition) is 3. The first kappa shape index (κ1) is 17.6. The molecule has 0 heterocycles. The van der Waals surface area contributed by atoms with Crippen molar-refractivity contribution in [2.45, 2.75) is 19.1 Å². The predicted molar refractivity (Wildman–Crippen MR) is 76.4 cm³/mol. The van der Waals surface area contributed by atoms with E-state index >= 15 is 0 Å². The molecule has 1 rings (SSSR count). The molecule has 0 aliphatic rings. The molecule has 1 unspecified atom stereocenters. The highest BCUT2D eigenvalue weighted by Gasteiger charge is 2.38. The standard InChI is InChI=1S/C13H17F3N2O2S/c1-21(20)7-3-6-17-9-10-4-2-5-11(8-10)18-12(19)13(14,15)16/h2,4-5,8,17H,3,6-7,9H2,1H3,(H,18,19). The van der Waals surface area contributed by atoms with Crippen LogP contribution >= 0.6 is 0 Å². The van der Waals surface area contributed by atoms with Crippen molar-refractivity contribution in [3.05, 3.63) is 29.8 Å². The lowest BCUT2D eigenvalue weighted by atomic mass is 10.2. The van der Waals surface area contributed by atoms with Crippen LogP contribution < -0.4 is 10.6 Å². The van der Waals surface area contributed by atoms with E-state index in [1.807, 2.05) is 0 Å². The van der Waals surface area contributed by atoms with Gasteiger partial charge in [-0.25, -0.2) is 0 Å². The number of benzene rings is 1. The number of nitrogens with one attached hydrogen (secondary N) is 2. The van der Waals surface area contributed by atoms with E-state index in [2.05, 4.69) is 5.32 Å². The molecule has 0 saturated heterocycles. The van der Waals surface area contributed by atoms with Crippen LogP contribution in [0.25, 0.3) is 0 Å². The summed E-state index contributed by atoms with van der Waals surface area (Å²) in [6.45, 7) is 1.13. The largest absolute Gasteiger partial charge is 0.471 e. The van der Waals surface area contributed by atoms with Gasteiger partial charge in [-0.15, -0.1) is 0 Å². The Labute approximate surface area is 123 Å². The Hall–Kier alpha value is -1.41. The average Bonchev–Trinajstić information content (AvgIpc) is 2.37. The number of rotatable bonds is 7. The third kappa shape index (κ3) is 7.24. The van der Waals surface area contributed by atoms with Crippen molar-refractivity contribution in [1.82, 2.24) is 5.32 Å². The predicted octanol–water partition coefficient (Wildman–Crippen LogP) is 2.05. The zero-order valence-electron chi connectivity index (χ0n) is 11.5. The monoisotopic (exact) mass is 322 g/mol. The number of hydrogen-bond donors (Lipinski definition) is 2. The van der Waals surface area contributed by atoms with Gasteiger partial charge >= 0.3 is 12.1 Å². The van der Waals surface area contributed by atoms with Crippen molar-refractivity contribution in [3.8, 4) is 0 Å². The summed E-state index contributed by atoms with van der Waals surface area (Å²) in [5.74, 6) is -1.38. The first-order valence-electron chi connectivity index (χ1n) is 6.27. The summed E-state index contributed by atoms with van der Waals surface area (Å²) >= 11 is 0. The molecule has 0 aliphatic carbocycles. The van der Waals surface area contributed by atoms with Gasteiger partial charge in [0.15, 0.2) is 0 Å². The minimum absolute atomic E-state index is 0.103. The van der Waals surface area contributed by atoms with E-state index in [9.17, 15) is 22.2 Å². The van der Waals surface area contributed by atoms with Crippen LogP contribution in [0.3, 0.4) is 0 Å². The van der Waals surface area contributed by atoms with Crippen molar-refractivity contribution in [2.24, 2.45) is 0 Å². The number of halogens is 3. The van der Waals surface area contributed by atoms with Crippen LogP contribution in [0.4, 0.5) is 18.9 Å². The highest BCUT2D eigenvalue weighted by atomic mass is 32.2. The van der Waals surface area contributed by atoms with Gasteiger partial charge in [0.25, 0.3) is 0 Å². The summed E-state index contributed by atoms with van der Waals surface area (Å²) in [6, 6.07) is 6.19. The Bertz CT molecular complexity index is 506. The van der Waals surface area contributed by atoms with Gasteiger partial charge in [0.1, 0.15) is 0 Å². The third-order valence-corrected chi connectivity index (χ3v) is 3.42. The molecule has 0 bridgehead atoms. The van der Waals surface area contributed by atoms with Crippen LogP contribution in [0.5, 0.6) is 0 Å². The van der Waals surface area contributed by atoms with E-state index in [1.54, 1.807) is 23.7 Å². The molecule has 1 atom stereocenters. The fourth-order valence-electron chi connectivity index (χ4n) is 1.59. The van der Waals surface area contributed by atoms with E-state index in [1.165, 1.54) is 12.1 Å². The first-order chi connectivity index (χ1) is 9.79. The maximum Gasteiger partial charge on any atom is 0.471 e. The van der Waals surface area contributed by atoms with Crippen molar-refractivity contribution in [2.75, 3.05) is 23.9 Å². The van der Waals surface area contributed by atoms with Gasteiger partial charge in [-0.2, -0.15) is 13.2 Å². The summed E-state index contributed by atoms with van der Waals surface area (Å²) in [5, 5.41) is 4.91. The minimum Gasteiger partial charge on any atom is -0.318 e. The van der Waals surface area contributed by atoms with Gasteiger partial charge in [-0.3, -0.25) is 9.00 Å². The molecule has 4 nitrogen and oxygen atoms in total. The second-order valence-corrected chi connectivity index (χ2v) is 6.01. The highest BCUT2D eigenvalue weighted by Crippen LogP contribution is 2.18. The Morgan fingerprint density at radius 1 is 1.33 bits per heavy atom. The van der Waals surface area contributed by atoms with Gasteiger partial charge in [-0.05, 0) is 30.7 Å². The van der Waals surface area contributed by atoms with Gasteiger partial charge in [0.2, 0.25) is 0 Å². The van der Waals surface area contributed by atoms with E-state index in [-0.39, 0.29) is 5.69 Å². The molecular weight excluding hydrogens is 305 g/mol. The maximum atomic E-state index is 12.1. The molecule has 21 heavy (non-hydrogen) atoms. The zero-order chi connectivity index (χ0) is 15.9. The SMILES string of the molecule is CS(=O)CCCNCc1cccc(NC(=O)C(F)(F)F)c1. The summed E-state index contributed by atoms with van der Waals surface area (Å²) in [5.41, 5.74) is 0.860. The highest BCUT2D eigenvalue weighted by molar-refractivity contribution is 7.84. The fourth-order valence-corrected chi connectivity index (χ4v) is 2.15. The Balaban J connectivity index is 2.45. The fraction of sp³-hybridized carbons (Fsp3) is 0.462. The molecule has 0 saturated carbocycles. The molecule has 8 heteroatoms. The van der Waals surface area contributed by atoms with Gasteiger partial charge in [0.05, 0.1) is 0 Å². The second-order valence-electron chi connectivity index (χ2n) is 4.46. The topological polar surface area (TPSA) is 58.2 Å². The molecule has 2 N–H and O–H groups in total. The van der Waals surface area contributed by atoms with Crippen LogP contribution in [0.1, 0.15) is 12.0 Å². The summed E-state index contributed by atoms with van der Waals surface area (Å²) < 4.78 is 47.3. The van der Waals surface area contributed by atoms with Gasteiger partial charge < -0.3 is 10.6 Å². The quantitative estimate of drug-likeness (QED) is 0.756. The Kier molecular flexibility index (Phi) is 6.83. The molecule has 118 valence electrons. The Morgan fingerprint density at radius 3 is 2.67 bits per heavy atom. The van der Waals surface area contributed by atoms with Crippen LogP contribution in [0, 0.1) is 0 Å². The van der Waals surface area contributed by atoms with Crippen molar-refractivity contribution in [3.63, 3.8) is 0 Å². The summed E-state index contributed by atoms with van der Waals surface area (Å²) in [7, 11) is -0.826. The molecule has 0 fully saturated rings. The summed E-state index contributed by atoms with van der Waals surface area (Å²) in [4.78, 5) is 10.8. The lowest BCUT2D eigenvalue weighted by Crippen LogP contribution is -2.30. The van der Waals surface area contributed by atoms with Crippen LogP contribution in [0.2, 0.25) is 0 Å². The lowest BCUT2D eigenvalue weighted by molar-refractivity contribution is -0.167. The molecular formula is C13H17F3N2O2S. The molecule has 1 amide bonds. The number of anilines is 1. The molecule has 0 aliphatic heterocycles. The van der Waals surface area contributed by atoms with Crippen molar-refractivity contribution in [1.29, 1.82) is 0 Å². The zero-order valence-corrected chi connectivity index (χ0v) is 12.3. The molecule has 0 radical (unpaired) electrons. The number of carbonyl (C=O) groups excluding carboxylic acids is 1. The van der Waals surface area contributed by atoms with Crippen LogP contribution in [0.15, 0.2) is 24.3 Å². The first-order valence-corrected chi connectivity index (χ1v) is 7.99. The van der Waals surface area contributed by atoms with E-state index < -0.39 is 22.9 Å². The van der Waals surface area contributed by atoms with Crippen molar-refractivity contribution >= 4 is 22.4 Å². The molecule has 1 aromatic rings. The molecule has 0 spiro atoms. The second kappa shape index (κ2) is 8.14. The van der Waals surface area contributed by atoms with Crippen molar-refractivity contribution < 1.29 is 22.2 Å². The van der Waals surface area contributed by atoms with Gasteiger partial charge in [0, 0.05) is 35.0 Å².